The summed E-state index contributed by atoms with van der Waals surface area (Å²) in [5, 5.41) is 3.93. The molecule has 2 amide bonds. The third kappa shape index (κ3) is 2.95. The van der Waals surface area contributed by atoms with E-state index in [1.54, 1.807) is 11.3 Å². The van der Waals surface area contributed by atoms with E-state index in [1.165, 1.54) is 4.88 Å². The first-order valence-electron chi connectivity index (χ1n) is 7.56. The molecule has 0 spiro atoms. The van der Waals surface area contributed by atoms with Crippen LogP contribution in [0.1, 0.15) is 47.2 Å². The molecule has 3 heterocycles. The third-order valence-electron chi connectivity index (χ3n) is 4.42. The second kappa shape index (κ2) is 5.75. The van der Waals surface area contributed by atoms with Crippen molar-refractivity contribution in [1.82, 2.24) is 15.2 Å². The summed E-state index contributed by atoms with van der Waals surface area (Å²) in [6.45, 7) is 5.66. The predicted molar refractivity (Wildman–Crippen MR) is 81.3 cm³/mol. The maximum atomic E-state index is 12.5. The van der Waals surface area contributed by atoms with Crippen LogP contribution in [0.4, 0.5) is 0 Å². The minimum Gasteiger partial charge on any atom is -0.344 e. The number of aromatic nitrogens is 1. The molecule has 0 aromatic carbocycles. The summed E-state index contributed by atoms with van der Waals surface area (Å²) < 4.78 is 0. The van der Waals surface area contributed by atoms with E-state index >= 15 is 0 Å². The number of hydrogen-bond acceptors (Lipinski definition) is 4. The first-order valence-corrected chi connectivity index (χ1v) is 8.38. The molecule has 0 radical (unpaired) electrons. The molecule has 5 nitrogen and oxygen atoms in total. The molecular weight excluding hydrogens is 286 g/mol. The summed E-state index contributed by atoms with van der Waals surface area (Å²) in [5.74, 6) is 0.417. The van der Waals surface area contributed by atoms with Gasteiger partial charge in [0.1, 0.15) is 6.04 Å². The summed E-state index contributed by atoms with van der Waals surface area (Å²) in [6.07, 6.45) is 3.20. The molecule has 0 unspecified atom stereocenters. The van der Waals surface area contributed by atoms with Gasteiger partial charge in [0, 0.05) is 30.3 Å². The minimum atomic E-state index is -0.309. The lowest BCUT2D eigenvalue weighted by Crippen LogP contribution is -2.48. The van der Waals surface area contributed by atoms with Gasteiger partial charge in [-0.1, -0.05) is 0 Å². The monoisotopic (exact) mass is 307 g/mol. The van der Waals surface area contributed by atoms with E-state index < -0.39 is 0 Å². The molecule has 6 heteroatoms. The molecule has 1 N–H and O–H groups in total. The molecule has 2 atom stereocenters. The molecule has 0 aliphatic carbocycles. The Balaban J connectivity index is 1.68. The van der Waals surface area contributed by atoms with Gasteiger partial charge in [-0.25, -0.2) is 4.98 Å². The first-order chi connectivity index (χ1) is 10.0. The number of nitrogens with zero attached hydrogens (tertiary/aromatic N) is 2. The van der Waals surface area contributed by atoms with Crippen LogP contribution in [-0.4, -0.2) is 40.8 Å². The number of carbonyl (C=O) groups is 2. The van der Waals surface area contributed by atoms with Crippen molar-refractivity contribution in [1.29, 1.82) is 0 Å². The molecule has 1 aromatic heterocycles. The molecular formula is C15H21N3O2S. The molecule has 0 saturated carbocycles. The molecule has 1 aromatic rings. The van der Waals surface area contributed by atoms with E-state index in [-0.39, 0.29) is 17.9 Å². The number of carbonyl (C=O) groups excluding carboxylic acids is 2. The number of hydrogen-bond donors (Lipinski definition) is 1. The second-order valence-electron chi connectivity index (χ2n) is 5.98. The number of aryl methyl sites for hydroxylation is 2. The average molecular weight is 307 g/mol. The maximum absolute atomic E-state index is 12.5. The molecule has 114 valence electrons. The normalized spacial score (nSPS) is 26.0. The van der Waals surface area contributed by atoms with Crippen molar-refractivity contribution in [3.05, 3.63) is 15.6 Å². The van der Waals surface area contributed by atoms with Gasteiger partial charge in [-0.05, 0) is 33.1 Å². The van der Waals surface area contributed by atoms with Crippen LogP contribution >= 0.6 is 11.3 Å². The largest absolute Gasteiger partial charge is 0.344 e. The molecule has 0 bridgehead atoms. The van der Waals surface area contributed by atoms with E-state index in [0.29, 0.717) is 18.8 Å². The summed E-state index contributed by atoms with van der Waals surface area (Å²) in [6, 6.07) is -0.309. The highest BCUT2D eigenvalue weighted by atomic mass is 32.1. The zero-order valence-electron chi connectivity index (χ0n) is 12.5. The molecule has 2 fully saturated rings. The average Bonchev–Trinajstić information content (AvgIpc) is 3.05. The van der Waals surface area contributed by atoms with E-state index in [1.807, 2.05) is 11.8 Å². The van der Waals surface area contributed by atoms with Crippen molar-refractivity contribution in [2.75, 3.05) is 13.1 Å². The number of thiazole rings is 1. The zero-order chi connectivity index (χ0) is 15.0. The number of piperidine rings is 1. The Kier molecular flexibility index (Phi) is 3.97. The van der Waals surface area contributed by atoms with Crippen LogP contribution in [0.3, 0.4) is 0 Å². The van der Waals surface area contributed by atoms with Gasteiger partial charge in [0.05, 0.1) is 10.7 Å². The highest BCUT2D eigenvalue weighted by Crippen LogP contribution is 2.31. The van der Waals surface area contributed by atoms with Gasteiger partial charge < -0.3 is 10.2 Å². The lowest BCUT2D eigenvalue weighted by Gasteiger charge is -2.33. The smallest absolute Gasteiger partial charge is 0.245 e. The van der Waals surface area contributed by atoms with Crippen LogP contribution in [0, 0.1) is 13.8 Å². The summed E-state index contributed by atoms with van der Waals surface area (Å²) in [7, 11) is 0. The van der Waals surface area contributed by atoms with Gasteiger partial charge in [-0.15, -0.1) is 11.3 Å². The number of rotatable bonds is 2. The molecule has 3 rings (SSSR count). The van der Waals surface area contributed by atoms with E-state index in [2.05, 4.69) is 17.2 Å². The summed E-state index contributed by atoms with van der Waals surface area (Å²) in [5.41, 5.74) is 1.10. The van der Waals surface area contributed by atoms with E-state index in [9.17, 15) is 9.59 Å². The van der Waals surface area contributed by atoms with Crippen molar-refractivity contribution in [3.63, 3.8) is 0 Å². The van der Waals surface area contributed by atoms with Crippen LogP contribution < -0.4 is 5.32 Å². The number of amides is 2. The van der Waals surface area contributed by atoms with Crippen LogP contribution in [0.5, 0.6) is 0 Å². The highest BCUT2D eigenvalue weighted by molar-refractivity contribution is 7.11. The lowest BCUT2D eigenvalue weighted by atomic mass is 9.98. The van der Waals surface area contributed by atoms with Gasteiger partial charge >= 0.3 is 0 Å². The standard InChI is InChI=1S/C15H21N3O2S/c1-9-10(2)21-14(16-9)11-4-3-7-18(8-11)15(20)12-5-6-13(19)17-12/h11-12H,3-8H2,1-2H3,(H,17,19)/t11-,12+/m1/s1. The van der Waals surface area contributed by atoms with Crippen LogP contribution in [0.2, 0.25) is 0 Å². The fourth-order valence-electron chi connectivity index (χ4n) is 3.07. The zero-order valence-corrected chi connectivity index (χ0v) is 13.3. The quantitative estimate of drug-likeness (QED) is 0.905. The first kappa shape index (κ1) is 14.5. The second-order valence-corrected chi connectivity index (χ2v) is 7.21. The molecule has 2 aliphatic heterocycles. The molecule has 21 heavy (non-hydrogen) atoms. The van der Waals surface area contributed by atoms with Crippen molar-refractivity contribution in [2.24, 2.45) is 0 Å². The fraction of sp³-hybridized carbons (Fsp3) is 0.667. The lowest BCUT2D eigenvalue weighted by molar-refractivity contribution is -0.135. The number of likely N-dealkylation sites (tertiary alicyclic amines) is 1. The Labute approximate surface area is 128 Å². The van der Waals surface area contributed by atoms with Crippen LogP contribution in [-0.2, 0) is 9.59 Å². The van der Waals surface area contributed by atoms with Gasteiger partial charge in [-0.3, -0.25) is 9.59 Å². The van der Waals surface area contributed by atoms with Gasteiger partial charge in [0.25, 0.3) is 0 Å². The predicted octanol–water partition coefficient (Wildman–Crippen LogP) is 1.74. The minimum absolute atomic E-state index is 0.00641. The van der Waals surface area contributed by atoms with Crippen molar-refractivity contribution < 1.29 is 9.59 Å². The maximum Gasteiger partial charge on any atom is 0.245 e. The summed E-state index contributed by atoms with van der Waals surface area (Å²) in [4.78, 5) is 31.6. The van der Waals surface area contributed by atoms with Crippen LogP contribution in [0.25, 0.3) is 0 Å². The van der Waals surface area contributed by atoms with Gasteiger partial charge in [-0.2, -0.15) is 0 Å². The van der Waals surface area contributed by atoms with Crippen molar-refractivity contribution in [2.45, 2.75) is 51.5 Å². The Morgan fingerprint density at radius 1 is 1.38 bits per heavy atom. The Morgan fingerprint density at radius 3 is 2.81 bits per heavy atom. The van der Waals surface area contributed by atoms with E-state index in [4.69, 9.17) is 0 Å². The van der Waals surface area contributed by atoms with Gasteiger partial charge in [0.15, 0.2) is 0 Å². The fourth-order valence-corrected chi connectivity index (χ4v) is 4.12. The highest BCUT2D eigenvalue weighted by Gasteiger charge is 2.34. The Morgan fingerprint density at radius 2 is 2.19 bits per heavy atom. The van der Waals surface area contributed by atoms with Crippen LogP contribution in [0.15, 0.2) is 0 Å². The van der Waals surface area contributed by atoms with Gasteiger partial charge in [0.2, 0.25) is 11.8 Å². The summed E-state index contributed by atoms with van der Waals surface area (Å²) >= 11 is 1.75. The van der Waals surface area contributed by atoms with E-state index in [0.717, 1.165) is 36.6 Å². The Hall–Kier alpha value is -1.43. The SMILES string of the molecule is Cc1nc([C@@H]2CCCN(C(=O)[C@@H]3CCC(=O)N3)C2)sc1C. The molecule has 2 aliphatic rings. The van der Waals surface area contributed by atoms with Crippen molar-refractivity contribution in [3.8, 4) is 0 Å². The topological polar surface area (TPSA) is 62.3 Å². The third-order valence-corrected chi connectivity index (χ3v) is 5.66. The Bertz CT molecular complexity index is 550. The number of nitrogens with one attached hydrogen (secondary N) is 1. The molecule has 2 saturated heterocycles. The van der Waals surface area contributed by atoms with Crippen molar-refractivity contribution >= 4 is 23.2 Å².